The van der Waals surface area contributed by atoms with Crippen LogP contribution in [0.25, 0.3) is 0 Å². The summed E-state index contributed by atoms with van der Waals surface area (Å²) < 4.78 is 11.0. The maximum Gasteiger partial charge on any atom is 0.244 e. The molecule has 0 aromatic rings. The second kappa shape index (κ2) is 29.6. The van der Waals surface area contributed by atoms with E-state index in [1.165, 1.54) is 109 Å². The molecule has 0 radical (unpaired) electrons. The van der Waals surface area contributed by atoms with Crippen LogP contribution in [0.5, 0.6) is 0 Å². The summed E-state index contributed by atoms with van der Waals surface area (Å²) in [6.07, 6.45) is 20.9. The number of ether oxygens (including phenoxy) is 2. The number of hydrogen-bond acceptors (Lipinski definition) is 8. The topological polar surface area (TPSA) is 158 Å². The highest BCUT2D eigenvalue weighted by atomic mass is 16.7. The molecular weight excluding hydrogens is 600 g/mol. The summed E-state index contributed by atoms with van der Waals surface area (Å²) in [5, 5.41) is 45.6. The molecule has 1 saturated heterocycles. The Kier molecular flexibility index (Phi) is 27.5. The summed E-state index contributed by atoms with van der Waals surface area (Å²) in [7, 11) is 0. The van der Waals surface area contributed by atoms with E-state index < -0.39 is 43.4 Å². The molecule has 6 atom stereocenters. The van der Waals surface area contributed by atoms with Crippen LogP contribution in [0.2, 0.25) is 0 Å². The Hall–Kier alpha value is -1.30. The minimum Gasteiger partial charge on any atom is -0.394 e. The lowest BCUT2D eigenvalue weighted by Crippen LogP contribution is -2.60. The lowest BCUT2D eigenvalue weighted by Gasteiger charge is -2.39. The molecule has 1 aliphatic heterocycles. The monoisotopic (exact) mass is 673 g/mol. The van der Waals surface area contributed by atoms with Crippen LogP contribution in [0.1, 0.15) is 168 Å². The fourth-order valence-electron chi connectivity index (χ4n) is 6.10. The van der Waals surface area contributed by atoms with E-state index in [1.54, 1.807) is 0 Å². The van der Waals surface area contributed by atoms with E-state index in [-0.39, 0.29) is 18.4 Å². The first-order chi connectivity index (χ1) is 22.8. The van der Waals surface area contributed by atoms with Crippen molar-refractivity contribution < 1.29 is 39.5 Å². The van der Waals surface area contributed by atoms with E-state index in [2.05, 4.69) is 24.5 Å². The van der Waals surface area contributed by atoms with Crippen LogP contribution < -0.4 is 10.6 Å². The van der Waals surface area contributed by atoms with Gasteiger partial charge in [0.05, 0.1) is 13.2 Å². The number of amides is 2. The molecule has 0 saturated carbocycles. The first-order valence-corrected chi connectivity index (χ1v) is 19.3. The summed E-state index contributed by atoms with van der Waals surface area (Å²) >= 11 is 0. The minimum absolute atomic E-state index is 0.246. The van der Waals surface area contributed by atoms with E-state index in [4.69, 9.17) is 9.47 Å². The maximum absolute atomic E-state index is 13.1. The van der Waals surface area contributed by atoms with Crippen LogP contribution in [0.15, 0.2) is 0 Å². The summed E-state index contributed by atoms with van der Waals surface area (Å²) in [5.41, 5.74) is 0. The van der Waals surface area contributed by atoms with Crippen molar-refractivity contribution in [2.24, 2.45) is 0 Å². The molecule has 1 heterocycles. The number of nitrogens with one attached hydrogen (secondary N) is 2. The zero-order chi connectivity index (χ0) is 34.5. The van der Waals surface area contributed by atoms with Crippen molar-refractivity contribution in [3.8, 4) is 0 Å². The van der Waals surface area contributed by atoms with Gasteiger partial charge in [-0.15, -0.1) is 0 Å². The van der Waals surface area contributed by atoms with Gasteiger partial charge >= 0.3 is 0 Å². The molecule has 47 heavy (non-hydrogen) atoms. The third-order valence-electron chi connectivity index (χ3n) is 9.26. The molecule has 2 amide bonds. The predicted molar refractivity (Wildman–Crippen MR) is 187 cm³/mol. The Morgan fingerprint density at radius 1 is 0.638 bits per heavy atom. The quantitative estimate of drug-likeness (QED) is 0.0504. The summed E-state index contributed by atoms with van der Waals surface area (Å²) in [6.45, 7) is 4.08. The second-order valence-electron chi connectivity index (χ2n) is 13.6. The lowest BCUT2D eigenvalue weighted by molar-refractivity contribution is -0.301. The number of aliphatic hydroxyl groups excluding tert-OH is 4. The van der Waals surface area contributed by atoms with Crippen LogP contribution in [0, 0.1) is 0 Å². The van der Waals surface area contributed by atoms with Gasteiger partial charge in [0.15, 0.2) is 6.29 Å². The zero-order valence-corrected chi connectivity index (χ0v) is 30.0. The van der Waals surface area contributed by atoms with Gasteiger partial charge in [0.25, 0.3) is 0 Å². The SMILES string of the molecule is CCCCCCCCCCCCCCCC(=O)N[C@@H](CO[C@H]1O[C@H](CO)[C@H](O)[C@H](O)[C@H]1O)C(=O)NCCCCCCCCCCCC. The molecule has 1 aliphatic rings. The van der Waals surface area contributed by atoms with Gasteiger partial charge in [0.1, 0.15) is 30.5 Å². The molecule has 278 valence electrons. The predicted octanol–water partition coefficient (Wildman–Crippen LogP) is 5.81. The smallest absolute Gasteiger partial charge is 0.244 e. The van der Waals surface area contributed by atoms with Crippen molar-refractivity contribution in [1.82, 2.24) is 10.6 Å². The van der Waals surface area contributed by atoms with Crippen LogP contribution in [-0.2, 0) is 19.1 Å². The Labute approximate surface area is 286 Å². The number of carbonyl (C=O) groups excluding carboxylic acids is 2. The second-order valence-corrected chi connectivity index (χ2v) is 13.6. The molecule has 0 spiro atoms. The summed E-state index contributed by atoms with van der Waals surface area (Å²) in [5.74, 6) is -0.631. The van der Waals surface area contributed by atoms with E-state index in [0.717, 1.165) is 38.5 Å². The van der Waals surface area contributed by atoms with Gasteiger partial charge in [-0.2, -0.15) is 0 Å². The number of hydrogen-bond donors (Lipinski definition) is 6. The van der Waals surface area contributed by atoms with Gasteiger partial charge in [0.2, 0.25) is 11.8 Å². The summed E-state index contributed by atoms with van der Waals surface area (Å²) in [6, 6.07) is -1.01. The number of rotatable bonds is 31. The highest BCUT2D eigenvalue weighted by molar-refractivity contribution is 5.87. The molecular formula is C37H72N2O8. The molecule has 0 aromatic carbocycles. The molecule has 6 N–H and O–H groups in total. The maximum atomic E-state index is 13.1. The highest BCUT2D eigenvalue weighted by Crippen LogP contribution is 2.22. The Morgan fingerprint density at radius 3 is 1.55 bits per heavy atom. The van der Waals surface area contributed by atoms with Crippen molar-refractivity contribution in [3.05, 3.63) is 0 Å². The Morgan fingerprint density at radius 2 is 1.09 bits per heavy atom. The molecule has 1 fully saturated rings. The van der Waals surface area contributed by atoms with Crippen molar-refractivity contribution >= 4 is 11.8 Å². The standard InChI is InChI=1S/C37H72N2O8/c1-3-5-7-9-11-13-15-16-17-18-20-22-24-26-32(41)39-30(29-46-37-35(44)34(43)33(42)31(28-40)47-37)36(45)38-27-25-23-21-19-14-12-10-8-6-4-2/h30-31,33-35,37,40,42-44H,3-29H2,1-2H3,(H,38,45)(H,39,41)/t30-,31+,33-,34-,35+,37-/m0/s1. The largest absolute Gasteiger partial charge is 0.394 e. The van der Waals surface area contributed by atoms with Gasteiger partial charge in [-0.3, -0.25) is 9.59 Å². The van der Waals surface area contributed by atoms with Crippen molar-refractivity contribution in [2.75, 3.05) is 19.8 Å². The third kappa shape index (κ3) is 21.4. The van der Waals surface area contributed by atoms with Crippen molar-refractivity contribution in [2.45, 2.75) is 205 Å². The molecule has 1 rings (SSSR count). The fraction of sp³-hybridized carbons (Fsp3) is 0.946. The molecule has 0 aliphatic carbocycles. The zero-order valence-electron chi connectivity index (χ0n) is 30.0. The number of aliphatic hydroxyl groups is 4. The molecule has 0 unspecified atom stereocenters. The van der Waals surface area contributed by atoms with E-state index >= 15 is 0 Å². The van der Waals surface area contributed by atoms with E-state index in [0.29, 0.717) is 13.0 Å². The van der Waals surface area contributed by atoms with Crippen LogP contribution in [0.4, 0.5) is 0 Å². The van der Waals surface area contributed by atoms with Gasteiger partial charge in [-0.1, -0.05) is 149 Å². The van der Waals surface area contributed by atoms with E-state index in [9.17, 15) is 30.0 Å². The van der Waals surface area contributed by atoms with Crippen molar-refractivity contribution in [1.29, 1.82) is 0 Å². The summed E-state index contributed by atoms with van der Waals surface area (Å²) in [4.78, 5) is 25.9. The van der Waals surface area contributed by atoms with E-state index in [1.807, 2.05) is 0 Å². The van der Waals surface area contributed by atoms with Crippen LogP contribution in [-0.4, -0.2) is 88.7 Å². The fourth-order valence-corrected chi connectivity index (χ4v) is 6.10. The lowest BCUT2D eigenvalue weighted by atomic mass is 9.99. The first kappa shape index (κ1) is 43.7. The number of carbonyl (C=O) groups is 2. The van der Waals surface area contributed by atoms with Gasteiger partial charge in [-0.25, -0.2) is 0 Å². The Bertz CT molecular complexity index is 756. The Balaban J connectivity index is 2.41. The van der Waals surface area contributed by atoms with Gasteiger partial charge < -0.3 is 40.5 Å². The van der Waals surface area contributed by atoms with Crippen LogP contribution >= 0.6 is 0 Å². The van der Waals surface area contributed by atoms with Crippen LogP contribution in [0.3, 0.4) is 0 Å². The van der Waals surface area contributed by atoms with Gasteiger partial charge in [-0.05, 0) is 12.8 Å². The molecule has 10 nitrogen and oxygen atoms in total. The van der Waals surface area contributed by atoms with Gasteiger partial charge in [0, 0.05) is 13.0 Å². The molecule has 0 bridgehead atoms. The molecule has 0 aromatic heterocycles. The van der Waals surface area contributed by atoms with Crippen molar-refractivity contribution in [3.63, 3.8) is 0 Å². The minimum atomic E-state index is -1.58. The third-order valence-corrected chi connectivity index (χ3v) is 9.26. The highest BCUT2D eigenvalue weighted by Gasteiger charge is 2.44. The molecule has 10 heteroatoms. The first-order valence-electron chi connectivity index (χ1n) is 19.3. The average molecular weight is 673 g/mol. The number of unbranched alkanes of at least 4 members (excludes halogenated alkanes) is 21. The normalized spacial score (nSPS) is 21.9. The average Bonchev–Trinajstić information content (AvgIpc) is 3.07.